The number of thiazole rings is 1. The minimum atomic E-state index is 0.523. The zero-order valence-electron chi connectivity index (χ0n) is 7.85. The van der Waals surface area contributed by atoms with E-state index in [1.165, 1.54) is 24.2 Å². The molecular weight excluding hydrogens is 230 g/mol. The molecule has 0 atom stereocenters. The van der Waals surface area contributed by atoms with Crippen molar-refractivity contribution in [3.8, 4) is 10.7 Å². The normalized spacial score (nSPS) is 15.5. The number of nitrogens with zero attached hydrogens (tertiary/aromatic N) is 3. The van der Waals surface area contributed by atoms with Crippen LogP contribution >= 0.6 is 22.9 Å². The lowest BCUT2D eigenvalue weighted by molar-refractivity contribution is 0.996. The fourth-order valence-electron chi connectivity index (χ4n) is 1.46. The number of hydrogen-bond acceptors (Lipinski definition) is 4. The maximum atomic E-state index is 5.97. The van der Waals surface area contributed by atoms with Gasteiger partial charge in [-0.25, -0.2) is 9.97 Å². The Morgan fingerprint density at radius 3 is 2.87 bits per heavy atom. The third-order valence-corrected chi connectivity index (χ3v) is 3.33. The van der Waals surface area contributed by atoms with Crippen LogP contribution in [0.15, 0.2) is 17.8 Å². The van der Waals surface area contributed by atoms with Crippen molar-refractivity contribution in [3.05, 3.63) is 28.6 Å². The van der Waals surface area contributed by atoms with Gasteiger partial charge in [0.1, 0.15) is 5.15 Å². The van der Waals surface area contributed by atoms with E-state index in [2.05, 4.69) is 15.0 Å². The summed E-state index contributed by atoms with van der Waals surface area (Å²) in [7, 11) is 0. The molecule has 1 saturated carbocycles. The van der Waals surface area contributed by atoms with Gasteiger partial charge in [-0.1, -0.05) is 11.6 Å². The average Bonchev–Trinajstić information content (AvgIpc) is 2.93. The maximum Gasteiger partial charge on any atom is 0.172 e. The molecule has 15 heavy (non-hydrogen) atoms. The van der Waals surface area contributed by atoms with Crippen LogP contribution in [0.3, 0.4) is 0 Å². The summed E-state index contributed by atoms with van der Waals surface area (Å²) in [4.78, 5) is 13.7. The first-order valence-corrected chi connectivity index (χ1v) is 6.02. The summed E-state index contributed by atoms with van der Waals surface area (Å²) in [6, 6.07) is 1.86. The van der Waals surface area contributed by atoms with E-state index in [1.54, 1.807) is 11.7 Å². The third-order valence-electron chi connectivity index (χ3n) is 2.36. The second-order valence-electron chi connectivity index (χ2n) is 3.58. The Kier molecular flexibility index (Phi) is 2.18. The van der Waals surface area contributed by atoms with Gasteiger partial charge in [-0.15, -0.1) is 11.3 Å². The molecule has 3 nitrogen and oxygen atoms in total. The van der Waals surface area contributed by atoms with Gasteiger partial charge in [0.2, 0.25) is 0 Å². The zero-order valence-corrected chi connectivity index (χ0v) is 9.42. The molecule has 0 radical (unpaired) electrons. The van der Waals surface area contributed by atoms with Crippen LogP contribution in [0.5, 0.6) is 0 Å². The van der Waals surface area contributed by atoms with E-state index < -0.39 is 0 Å². The molecule has 1 fully saturated rings. The van der Waals surface area contributed by atoms with Crippen molar-refractivity contribution in [2.45, 2.75) is 18.8 Å². The van der Waals surface area contributed by atoms with E-state index in [0.717, 1.165) is 10.6 Å². The number of aromatic nitrogens is 3. The molecule has 0 aliphatic heterocycles. The quantitative estimate of drug-likeness (QED) is 0.754. The van der Waals surface area contributed by atoms with Gasteiger partial charge in [0.05, 0.1) is 10.4 Å². The predicted octanol–water partition coefficient (Wildman–Crippen LogP) is 3.13. The highest BCUT2D eigenvalue weighted by molar-refractivity contribution is 7.13. The minimum absolute atomic E-state index is 0.523. The van der Waals surface area contributed by atoms with E-state index >= 15 is 0 Å². The van der Waals surface area contributed by atoms with E-state index in [0.29, 0.717) is 16.9 Å². The Balaban J connectivity index is 2.07. The van der Waals surface area contributed by atoms with Gasteiger partial charge in [-0.3, -0.25) is 4.98 Å². The third kappa shape index (κ3) is 1.87. The van der Waals surface area contributed by atoms with Crippen LogP contribution in [-0.2, 0) is 0 Å². The zero-order chi connectivity index (χ0) is 10.3. The molecule has 5 heteroatoms. The lowest BCUT2D eigenvalue weighted by atomic mass is 10.3. The molecule has 0 bridgehead atoms. The van der Waals surface area contributed by atoms with Gasteiger partial charge in [0.15, 0.2) is 5.82 Å². The standard InChI is InChI=1S/C10H8ClN3S/c11-9-3-7(6-1-2-6)13-10(14-9)8-4-12-5-15-8/h3-6H,1-2H2. The van der Waals surface area contributed by atoms with E-state index in [1.807, 2.05) is 6.07 Å². The van der Waals surface area contributed by atoms with E-state index in [-0.39, 0.29) is 0 Å². The smallest absolute Gasteiger partial charge is 0.172 e. The largest absolute Gasteiger partial charge is 0.252 e. The van der Waals surface area contributed by atoms with Gasteiger partial charge in [0.25, 0.3) is 0 Å². The molecule has 0 saturated heterocycles. The molecule has 76 valence electrons. The second-order valence-corrected chi connectivity index (χ2v) is 4.85. The summed E-state index contributed by atoms with van der Waals surface area (Å²) in [5.41, 5.74) is 2.84. The van der Waals surface area contributed by atoms with Crippen molar-refractivity contribution in [1.82, 2.24) is 15.0 Å². The van der Waals surface area contributed by atoms with Crippen LogP contribution in [0.2, 0.25) is 5.15 Å². The number of halogens is 1. The maximum absolute atomic E-state index is 5.97. The van der Waals surface area contributed by atoms with Crippen molar-refractivity contribution in [2.75, 3.05) is 0 Å². The predicted molar refractivity (Wildman–Crippen MR) is 60.1 cm³/mol. The summed E-state index contributed by atoms with van der Waals surface area (Å²) < 4.78 is 0. The highest BCUT2D eigenvalue weighted by Gasteiger charge is 2.26. The SMILES string of the molecule is Clc1cc(C2CC2)nc(-c2cncs2)n1. The Morgan fingerprint density at radius 2 is 2.20 bits per heavy atom. The summed E-state index contributed by atoms with van der Waals surface area (Å²) in [6.07, 6.45) is 4.21. The highest BCUT2D eigenvalue weighted by atomic mass is 35.5. The van der Waals surface area contributed by atoms with Crippen LogP contribution in [0.4, 0.5) is 0 Å². The van der Waals surface area contributed by atoms with Gasteiger partial charge in [0, 0.05) is 17.8 Å². The first kappa shape index (κ1) is 9.24. The number of hydrogen-bond donors (Lipinski definition) is 0. The second kappa shape index (κ2) is 3.54. The molecule has 2 aromatic heterocycles. The topological polar surface area (TPSA) is 38.7 Å². The van der Waals surface area contributed by atoms with Crippen molar-refractivity contribution in [2.24, 2.45) is 0 Å². The fourth-order valence-corrected chi connectivity index (χ4v) is 2.21. The molecule has 0 amide bonds. The lowest BCUT2D eigenvalue weighted by Crippen LogP contribution is -1.93. The van der Waals surface area contributed by atoms with E-state index in [9.17, 15) is 0 Å². The highest BCUT2D eigenvalue weighted by Crippen LogP contribution is 2.40. The molecule has 2 aromatic rings. The lowest BCUT2D eigenvalue weighted by Gasteiger charge is -2.01. The average molecular weight is 238 g/mol. The fraction of sp³-hybridized carbons (Fsp3) is 0.300. The number of rotatable bonds is 2. The first-order valence-electron chi connectivity index (χ1n) is 4.76. The van der Waals surface area contributed by atoms with E-state index in [4.69, 9.17) is 11.6 Å². The summed E-state index contributed by atoms with van der Waals surface area (Å²) in [5, 5.41) is 0.523. The molecule has 2 heterocycles. The Morgan fingerprint density at radius 1 is 1.33 bits per heavy atom. The van der Waals surface area contributed by atoms with Crippen molar-refractivity contribution in [1.29, 1.82) is 0 Å². The minimum Gasteiger partial charge on any atom is -0.252 e. The van der Waals surface area contributed by atoms with Crippen molar-refractivity contribution < 1.29 is 0 Å². The Bertz CT molecular complexity index is 479. The van der Waals surface area contributed by atoms with Crippen LogP contribution in [0, 0.1) is 0 Å². The Hall–Kier alpha value is -1.00. The molecule has 1 aliphatic carbocycles. The first-order chi connectivity index (χ1) is 7.33. The summed E-state index contributed by atoms with van der Waals surface area (Å²) in [5.74, 6) is 1.30. The van der Waals surface area contributed by atoms with Crippen LogP contribution in [0.25, 0.3) is 10.7 Å². The van der Waals surface area contributed by atoms with Crippen molar-refractivity contribution in [3.63, 3.8) is 0 Å². The molecule has 3 rings (SSSR count). The molecule has 0 N–H and O–H groups in total. The molecular formula is C10H8ClN3S. The van der Waals surface area contributed by atoms with Gasteiger partial charge >= 0.3 is 0 Å². The monoisotopic (exact) mass is 237 g/mol. The van der Waals surface area contributed by atoms with Crippen LogP contribution in [-0.4, -0.2) is 15.0 Å². The van der Waals surface area contributed by atoms with Crippen LogP contribution < -0.4 is 0 Å². The van der Waals surface area contributed by atoms with Gasteiger partial charge < -0.3 is 0 Å². The Labute approximate surface area is 96.2 Å². The van der Waals surface area contributed by atoms with Crippen LogP contribution in [0.1, 0.15) is 24.5 Å². The molecule has 1 aliphatic rings. The molecule has 0 spiro atoms. The molecule has 0 unspecified atom stereocenters. The molecule has 0 aromatic carbocycles. The van der Waals surface area contributed by atoms with Gasteiger partial charge in [-0.05, 0) is 18.9 Å². The summed E-state index contributed by atoms with van der Waals surface area (Å²) >= 11 is 7.50. The van der Waals surface area contributed by atoms with Gasteiger partial charge in [-0.2, -0.15) is 0 Å². The van der Waals surface area contributed by atoms with Crippen molar-refractivity contribution >= 4 is 22.9 Å². The summed E-state index contributed by atoms with van der Waals surface area (Å²) in [6.45, 7) is 0.